The molecule has 0 aromatic rings. The van der Waals surface area contributed by atoms with E-state index in [4.69, 9.17) is 4.89 Å². The average molecular weight is 259 g/mol. The summed E-state index contributed by atoms with van der Waals surface area (Å²) in [4.78, 5) is 9.11. The third-order valence-corrected chi connectivity index (χ3v) is 3.59. The summed E-state index contributed by atoms with van der Waals surface area (Å²) in [6.07, 6.45) is 0.902. The smallest absolute Gasteiger partial charge is 0.350 e. The van der Waals surface area contributed by atoms with Crippen molar-refractivity contribution in [1.29, 1.82) is 0 Å². The van der Waals surface area contributed by atoms with Crippen molar-refractivity contribution in [1.82, 2.24) is 9.99 Å². The van der Waals surface area contributed by atoms with Crippen LogP contribution < -0.4 is 5.32 Å². The van der Waals surface area contributed by atoms with Crippen molar-refractivity contribution in [3.63, 3.8) is 0 Å². The van der Waals surface area contributed by atoms with Crippen LogP contribution in [0.15, 0.2) is 4.40 Å². The maximum atomic E-state index is 11.1. The molecule has 0 aromatic carbocycles. The molecule has 0 radical (unpaired) electrons. The predicted octanol–water partition coefficient (Wildman–Crippen LogP) is -0.763. The first kappa shape index (κ1) is 11.8. The Balaban J connectivity index is 3.02. The van der Waals surface area contributed by atoms with E-state index in [9.17, 15) is 13.0 Å². The molecular weight excluding hydrogens is 249 g/mol. The van der Waals surface area contributed by atoms with Crippen LogP contribution in [0, 0.1) is 0 Å². The normalized spacial score (nSPS) is 24.8. The summed E-state index contributed by atoms with van der Waals surface area (Å²) in [6, 6.07) is 0. The van der Waals surface area contributed by atoms with Gasteiger partial charge in [0.05, 0.1) is 6.26 Å². The van der Waals surface area contributed by atoms with Gasteiger partial charge in [-0.3, -0.25) is 9.24 Å². The molecule has 1 heterocycles. The number of sulfonamides is 1. The Kier molecular flexibility index (Phi) is 3.15. The van der Waals surface area contributed by atoms with Crippen molar-refractivity contribution in [2.75, 3.05) is 19.3 Å². The molecule has 14 heavy (non-hydrogen) atoms. The van der Waals surface area contributed by atoms with E-state index in [-0.39, 0.29) is 12.5 Å². The first-order valence-corrected chi connectivity index (χ1v) is 8.19. The molecule has 1 aliphatic rings. The van der Waals surface area contributed by atoms with Crippen molar-refractivity contribution in [2.45, 2.75) is 0 Å². The van der Waals surface area contributed by atoms with Crippen LogP contribution in [0.25, 0.3) is 0 Å². The van der Waals surface area contributed by atoms with Gasteiger partial charge in [0.15, 0.2) is 0 Å². The van der Waals surface area contributed by atoms with Crippen LogP contribution in [0.2, 0.25) is 0 Å². The Morgan fingerprint density at radius 3 is 2.71 bits per heavy atom. The molecule has 82 valence electrons. The fraction of sp³-hybridized carbons (Fsp3) is 0.750. The molecule has 0 aromatic heterocycles. The summed E-state index contributed by atoms with van der Waals surface area (Å²) in [7, 11) is -3.58. The topological polar surface area (TPSA) is 99.1 Å². The first-order valence-electron chi connectivity index (χ1n) is 3.57. The van der Waals surface area contributed by atoms with Crippen molar-refractivity contribution >= 4 is 35.0 Å². The average Bonchev–Trinajstić information content (AvgIpc) is 2.29. The Hall–Kier alpha value is -0.240. The zero-order valence-electron chi connectivity index (χ0n) is 7.28. The van der Waals surface area contributed by atoms with E-state index in [1.54, 1.807) is 0 Å². The lowest BCUT2D eigenvalue weighted by Gasteiger charge is -2.18. The molecule has 0 amide bonds. The van der Waals surface area contributed by atoms with E-state index in [1.165, 1.54) is 0 Å². The summed E-state index contributed by atoms with van der Waals surface area (Å²) in [5.74, 6) is -0.131. The van der Waals surface area contributed by atoms with Gasteiger partial charge in [0.2, 0.25) is 5.96 Å². The number of hydrogen-bond acceptors (Lipinski definition) is 3. The Morgan fingerprint density at radius 1 is 1.71 bits per heavy atom. The van der Waals surface area contributed by atoms with Crippen molar-refractivity contribution in [3.05, 3.63) is 0 Å². The second-order valence-corrected chi connectivity index (χ2v) is 7.43. The Morgan fingerprint density at radius 2 is 2.29 bits per heavy atom. The van der Waals surface area contributed by atoms with Crippen LogP contribution >= 0.6 is 19.0 Å². The maximum absolute atomic E-state index is 11.1. The maximum Gasteiger partial charge on any atom is 0.350 e. The third kappa shape index (κ3) is 3.16. The quantitative estimate of drug-likeness (QED) is 0.445. The summed E-state index contributed by atoms with van der Waals surface area (Å²) in [5.41, 5.74) is 0. The zero-order valence-corrected chi connectivity index (χ0v) is 9.89. The second kappa shape index (κ2) is 3.73. The van der Waals surface area contributed by atoms with Crippen LogP contribution in [0.5, 0.6) is 0 Å². The van der Waals surface area contributed by atoms with E-state index in [0.717, 1.165) is 10.9 Å². The van der Waals surface area contributed by atoms with Crippen LogP contribution in [-0.4, -0.2) is 43.3 Å². The highest BCUT2D eigenvalue weighted by Crippen LogP contribution is 2.50. The summed E-state index contributed by atoms with van der Waals surface area (Å²) in [6.45, 7) is -3.22. The lowest BCUT2D eigenvalue weighted by Crippen LogP contribution is -2.27. The molecule has 1 unspecified atom stereocenters. The van der Waals surface area contributed by atoms with Gasteiger partial charge < -0.3 is 10.2 Å². The van der Waals surface area contributed by atoms with Crippen molar-refractivity contribution in [3.8, 4) is 0 Å². The van der Waals surface area contributed by atoms with E-state index in [0.29, 0.717) is 6.54 Å². The molecule has 1 aliphatic heterocycles. The van der Waals surface area contributed by atoms with Gasteiger partial charge in [-0.2, -0.15) is 0 Å². The van der Waals surface area contributed by atoms with Gasteiger partial charge in [-0.1, -0.05) is 12.2 Å². The van der Waals surface area contributed by atoms with Gasteiger partial charge >= 0.3 is 6.72 Å². The molecule has 1 saturated heterocycles. The molecule has 1 fully saturated rings. The van der Waals surface area contributed by atoms with Gasteiger partial charge in [0.25, 0.3) is 10.0 Å². The number of rotatable bonds is 2. The van der Waals surface area contributed by atoms with E-state index < -0.39 is 16.7 Å². The molecule has 0 bridgehead atoms. The Bertz CT molecular complexity index is 399. The van der Waals surface area contributed by atoms with E-state index in [1.807, 2.05) is 0 Å². The summed E-state index contributed by atoms with van der Waals surface area (Å²) >= 11 is 3.48. The Labute approximate surface area is 86.9 Å². The second-order valence-electron chi connectivity index (χ2n) is 2.71. The molecule has 0 aliphatic carbocycles. The minimum Gasteiger partial charge on any atom is -0.353 e. The highest BCUT2D eigenvalue weighted by molar-refractivity contribution is 8.45. The molecular formula is C4H10N3O4PS2. The number of nitrogens with one attached hydrogen (secondary N) is 1. The van der Waals surface area contributed by atoms with Crippen molar-refractivity contribution < 1.29 is 17.9 Å². The molecule has 1 atom stereocenters. The number of thiol groups is 1. The first-order chi connectivity index (χ1) is 6.20. The molecule has 2 N–H and O–H groups in total. The number of guanidine groups is 1. The standard InChI is InChI=1S/C4H10N3O4PS2/c1-14(10,11)6-4-5-2-3-7(4)12(8,9)13/h2-3H2,1H3,(H,5,6)(H2,8,9,13). The van der Waals surface area contributed by atoms with Crippen LogP contribution in [0.1, 0.15) is 0 Å². The van der Waals surface area contributed by atoms with Crippen LogP contribution in [-0.2, 0) is 14.6 Å². The molecule has 10 heteroatoms. The van der Waals surface area contributed by atoms with E-state index in [2.05, 4.69) is 22.0 Å². The minimum absolute atomic E-state index is 0.131. The molecule has 0 saturated carbocycles. The zero-order chi connectivity index (χ0) is 11.0. The lowest BCUT2D eigenvalue weighted by molar-refractivity contribution is 0.448. The van der Waals surface area contributed by atoms with Gasteiger partial charge in [0.1, 0.15) is 0 Å². The number of nitrogens with zero attached hydrogens (tertiary/aromatic N) is 2. The van der Waals surface area contributed by atoms with Gasteiger partial charge in [-0.15, -0.1) is 4.40 Å². The third-order valence-electron chi connectivity index (χ3n) is 1.42. The fourth-order valence-corrected chi connectivity index (χ4v) is 2.74. The highest BCUT2D eigenvalue weighted by atomic mass is 32.7. The van der Waals surface area contributed by atoms with Gasteiger partial charge in [0, 0.05) is 13.1 Å². The fourth-order valence-electron chi connectivity index (χ4n) is 0.961. The monoisotopic (exact) mass is 259 g/mol. The molecule has 7 nitrogen and oxygen atoms in total. The van der Waals surface area contributed by atoms with Crippen LogP contribution in [0.3, 0.4) is 0 Å². The highest BCUT2D eigenvalue weighted by Gasteiger charge is 2.31. The van der Waals surface area contributed by atoms with Crippen molar-refractivity contribution in [2.24, 2.45) is 4.40 Å². The molecule has 0 spiro atoms. The lowest BCUT2D eigenvalue weighted by atomic mass is 10.7. The number of hydrogen-bond donors (Lipinski definition) is 3. The molecule has 1 rings (SSSR count). The van der Waals surface area contributed by atoms with Gasteiger partial charge in [-0.25, -0.2) is 8.42 Å². The summed E-state index contributed by atoms with van der Waals surface area (Å²) in [5, 5.41) is 2.59. The van der Waals surface area contributed by atoms with E-state index >= 15 is 0 Å². The largest absolute Gasteiger partial charge is 0.353 e. The van der Waals surface area contributed by atoms with Crippen LogP contribution in [0.4, 0.5) is 0 Å². The summed E-state index contributed by atoms with van der Waals surface area (Å²) < 4.78 is 37.0. The predicted molar refractivity (Wildman–Crippen MR) is 55.8 cm³/mol. The SMILES string of the molecule is CS(=O)(=O)N=C1NCCN1P(=O)(O)S. The van der Waals surface area contributed by atoms with Gasteiger partial charge in [-0.05, 0) is 0 Å². The minimum atomic E-state index is -3.79.